The first kappa shape index (κ1) is 22.5. The molecule has 0 spiro atoms. The van der Waals surface area contributed by atoms with Crippen molar-refractivity contribution in [1.29, 1.82) is 0 Å². The Morgan fingerprint density at radius 3 is 2.35 bits per heavy atom. The van der Waals surface area contributed by atoms with Crippen LogP contribution in [0.2, 0.25) is 0 Å². The molecule has 0 radical (unpaired) electrons. The van der Waals surface area contributed by atoms with Crippen LogP contribution >= 0.6 is 0 Å². The van der Waals surface area contributed by atoms with Crippen LogP contribution < -0.4 is 0 Å². The quantitative estimate of drug-likeness (QED) is 0.747. The van der Waals surface area contributed by atoms with Gasteiger partial charge in [-0.1, -0.05) is 12.1 Å². The van der Waals surface area contributed by atoms with Crippen molar-refractivity contribution in [2.75, 3.05) is 32.7 Å². The molecular weight excluding hydrogens is 447 g/mol. The molecule has 34 heavy (non-hydrogen) atoms. The second-order valence-corrected chi connectivity index (χ2v) is 8.98. The molecule has 2 aromatic rings. The number of urea groups is 1. The second-order valence-electron chi connectivity index (χ2n) is 8.98. The first-order valence-corrected chi connectivity index (χ1v) is 11.2. The van der Waals surface area contributed by atoms with Crippen molar-refractivity contribution in [3.05, 3.63) is 65.5 Å². The zero-order valence-corrected chi connectivity index (χ0v) is 18.3. The molecule has 0 aliphatic carbocycles. The van der Waals surface area contributed by atoms with Crippen molar-refractivity contribution >= 4 is 17.6 Å². The van der Waals surface area contributed by atoms with Crippen molar-refractivity contribution in [1.82, 2.24) is 14.8 Å². The Balaban J connectivity index is 1.38. The molecule has 2 fully saturated rings. The van der Waals surface area contributed by atoms with E-state index in [1.807, 2.05) is 12.1 Å². The number of benzene rings is 1. The highest BCUT2D eigenvalue weighted by Gasteiger charge is 2.39. The number of likely N-dealkylation sites (tertiary alicyclic amines) is 2. The number of carbonyl (C=O) groups excluding carboxylic acids is 1. The summed E-state index contributed by atoms with van der Waals surface area (Å²) in [5.74, 6) is 0.388. The lowest BCUT2D eigenvalue weighted by atomic mass is 9.82. The third kappa shape index (κ3) is 4.54. The van der Waals surface area contributed by atoms with Gasteiger partial charge in [-0.05, 0) is 36.2 Å². The van der Waals surface area contributed by atoms with E-state index >= 15 is 0 Å². The minimum absolute atomic E-state index is 0.0749. The lowest BCUT2D eigenvalue weighted by Gasteiger charge is -2.44. The largest absolute Gasteiger partial charge is 0.416 e. The Bertz CT molecular complexity index is 1110. The van der Waals surface area contributed by atoms with Gasteiger partial charge in [-0.3, -0.25) is 9.98 Å². The van der Waals surface area contributed by atoms with Crippen LogP contribution in [0.1, 0.15) is 29.0 Å². The molecule has 1 aromatic carbocycles. The summed E-state index contributed by atoms with van der Waals surface area (Å²) in [6.07, 6.45) is -0.874. The van der Waals surface area contributed by atoms with E-state index in [4.69, 9.17) is 4.99 Å². The molecule has 10 heteroatoms. The lowest BCUT2D eigenvalue weighted by molar-refractivity contribution is -0.137. The highest BCUT2D eigenvalue weighted by Crippen LogP contribution is 2.35. The fourth-order valence-corrected chi connectivity index (χ4v) is 4.73. The van der Waals surface area contributed by atoms with Gasteiger partial charge in [0.2, 0.25) is 0 Å². The van der Waals surface area contributed by atoms with Gasteiger partial charge in [0.15, 0.2) is 5.84 Å². The third-order valence-corrected chi connectivity index (χ3v) is 6.59. The number of carbonyl (C=O) groups is 1. The maximum absolute atomic E-state index is 13.0. The van der Waals surface area contributed by atoms with E-state index in [-0.39, 0.29) is 17.9 Å². The zero-order chi connectivity index (χ0) is 23.9. The molecule has 4 heterocycles. The van der Waals surface area contributed by atoms with Gasteiger partial charge < -0.3 is 14.9 Å². The van der Waals surface area contributed by atoms with Crippen LogP contribution in [0.25, 0.3) is 0 Å². The van der Waals surface area contributed by atoms with Crippen LogP contribution in [0.3, 0.4) is 0 Å². The Kier molecular flexibility index (Phi) is 5.85. The molecule has 3 aliphatic heterocycles. The van der Waals surface area contributed by atoms with Gasteiger partial charge in [0.25, 0.3) is 0 Å². The van der Waals surface area contributed by atoms with E-state index in [2.05, 4.69) is 9.98 Å². The summed E-state index contributed by atoms with van der Waals surface area (Å²) in [4.78, 5) is 29.7. The first-order chi connectivity index (χ1) is 16.3. The molecule has 2 atom stereocenters. The Morgan fingerprint density at radius 1 is 1.00 bits per heavy atom. The molecule has 2 saturated heterocycles. The lowest BCUT2D eigenvalue weighted by Crippen LogP contribution is -2.59. The smallest absolute Gasteiger partial charge is 0.389 e. The van der Waals surface area contributed by atoms with Crippen molar-refractivity contribution in [2.45, 2.75) is 24.6 Å². The molecule has 5 rings (SSSR count). The Labute approximate surface area is 194 Å². The van der Waals surface area contributed by atoms with Crippen LogP contribution in [-0.2, 0) is 6.18 Å². The normalized spacial score (nSPS) is 23.4. The van der Waals surface area contributed by atoms with Gasteiger partial charge in [0.1, 0.15) is 0 Å². The number of piperidine rings is 1. The molecule has 2 unspecified atom stereocenters. The number of halogens is 3. The van der Waals surface area contributed by atoms with Crippen molar-refractivity contribution in [2.24, 2.45) is 15.9 Å². The zero-order valence-electron chi connectivity index (χ0n) is 18.3. The number of nitrogens with zero attached hydrogens (tertiary/aromatic N) is 5. The molecule has 2 amide bonds. The Hall–Kier alpha value is -3.27. The molecule has 1 aromatic heterocycles. The maximum Gasteiger partial charge on any atom is 0.416 e. The highest BCUT2D eigenvalue weighted by atomic mass is 19.4. The molecule has 0 bridgehead atoms. The van der Waals surface area contributed by atoms with Gasteiger partial charge >= 0.3 is 12.2 Å². The van der Waals surface area contributed by atoms with Crippen molar-refractivity contribution in [3.63, 3.8) is 0 Å². The summed E-state index contributed by atoms with van der Waals surface area (Å²) >= 11 is 0. The van der Waals surface area contributed by atoms with Crippen LogP contribution in [0.15, 0.2) is 58.8 Å². The second kappa shape index (κ2) is 8.83. The predicted molar refractivity (Wildman–Crippen MR) is 120 cm³/mol. The van der Waals surface area contributed by atoms with Gasteiger partial charge in [0.05, 0.1) is 31.3 Å². The molecule has 178 valence electrons. The average Bonchev–Trinajstić information content (AvgIpc) is 3.32. The third-order valence-electron chi connectivity index (χ3n) is 6.59. The first-order valence-electron chi connectivity index (χ1n) is 11.2. The van der Waals surface area contributed by atoms with E-state index in [9.17, 15) is 23.1 Å². The summed E-state index contributed by atoms with van der Waals surface area (Å²) in [6.45, 7) is 1.85. The number of aliphatic hydroxyl groups excluding tert-OH is 1. The fourth-order valence-electron chi connectivity index (χ4n) is 4.73. The number of amidine groups is 1. The molecule has 7 nitrogen and oxygen atoms in total. The number of pyridine rings is 1. The number of rotatable bonds is 3. The predicted octanol–water partition coefficient (Wildman–Crippen LogP) is 3.20. The number of hydrogen-bond acceptors (Lipinski definition) is 5. The SMILES string of the molecule is O=C(N1CC(O)C1)N1CC(C2=NC(c3cccnc3)=NC2)CC(c2ccc(C(F)(F)F)cc2)C1. The monoisotopic (exact) mass is 471 g/mol. The van der Waals surface area contributed by atoms with E-state index < -0.39 is 17.8 Å². The van der Waals surface area contributed by atoms with Gasteiger partial charge in [-0.25, -0.2) is 9.79 Å². The number of hydrogen-bond donors (Lipinski definition) is 1. The van der Waals surface area contributed by atoms with Gasteiger partial charge in [-0.15, -0.1) is 0 Å². The van der Waals surface area contributed by atoms with Crippen LogP contribution in [-0.4, -0.2) is 76.3 Å². The van der Waals surface area contributed by atoms with Crippen LogP contribution in [0, 0.1) is 5.92 Å². The number of aliphatic imine (C=N–C) groups is 2. The van der Waals surface area contributed by atoms with Crippen molar-refractivity contribution < 1.29 is 23.1 Å². The fraction of sp³-hybridized carbons (Fsp3) is 0.417. The average molecular weight is 471 g/mol. The maximum atomic E-state index is 13.0. The van der Waals surface area contributed by atoms with Crippen LogP contribution in [0.4, 0.5) is 18.0 Å². The summed E-state index contributed by atoms with van der Waals surface area (Å²) in [6, 6.07) is 8.71. The summed E-state index contributed by atoms with van der Waals surface area (Å²) in [5, 5.41) is 9.61. The van der Waals surface area contributed by atoms with Crippen LogP contribution in [0.5, 0.6) is 0 Å². The number of alkyl halides is 3. The number of amides is 2. The summed E-state index contributed by atoms with van der Waals surface area (Å²) < 4.78 is 39.1. The minimum Gasteiger partial charge on any atom is -0.389 e. The van der Waals surface area contributed by atoms with Crippen molar-refractivity contribution in [3.8, 4) is 0 Å². The molecule has 1 N–H and O–H groups in total. The van der Waals surface area contributed by atoms with E-state index in [1.165, 1.54) is 12.1 Å². The van der Waals surface area contributed by atoms with Gasteiger partial charge in [-0.2, -0.15) is 13.2 Å². The standard InChI is InChI=1S/C24H24F3N5O2/c25-24(26,27)19-5-3-15(4-6-19)17-8-18(12-31(11-17)23(34)32-13-20(33)14-32)21-10-29-22(30-21)16-2-1-7-28-9-16/h1-7,9,17-18,20,33H,8,10-14H2. The number of aromatic nitrogens is 1. The minimum atomic E-state index is -4.40. The summed E-state index contributed by atoms with van der Waals surface area (Å²) in [7, 11) is 0. The van der Waals surface area contributed by atoms with Gasteiger partial charge in [0, 0.05) is 48.6 Å². The Morgan fingerprint density at radius 2 is 1.71 bits per heavy atom. The van der Waals surface area contributed by atoms with E-state index in [0.717, 1.165) is 29.0 Å². The topological polar surface area (TPSA) is 81.4 Å². The number of β-amino-alcohol motifs (C(OH)–C–C–N with tert-alkyl or cyclic N) is 1. The molecule has 0 saturated carbocycles. The van der Waals surface area contributed by atoms with E-state index in [1.54, 1.807) is 22.2 Å². The highest BCUT2D eigenvalue weighted by molar-refractivity contribution is 6.12. The van der Waals surface area contributed by atoms with E-state index in [0.29, 0.717) is 45.0 Å². The number of aliphatic hydroxyl groups is 1. The molecule has 3 aliphatic rings. The molecular formula is C24H24F3N5O2. The summed E-state index contributed by atoms with van der Waals surface area (Å²) in [5.41, 5.74) is 1.74.